The standard InChI is InChI=1S/C24H23FN6O3/c1-14(32)28-11-20-13-31(24(33)34-20)19-6-7-21(22(25)10-19)17-3-2-16-9-18(5-4-15(16)8-17)30-23(26)12-29-27/h2-10,20,27H,11-13H2,1H3,(H2,26,30)(H,28,32). The number of nitrogens with one attached hydrogen (secondary N) is 2. The van der Waals surface area contributed by atoms with E-state index >= 15 is 4.39 Å². The minimum Gasteiger partial charge on any atom is -0.442 e. The second kappa shape index (κ2) is 9.65. The Hall–Kier alpha value is -4.34. The van der Waals surface area contributed by atoms with Gasteiger partial charge in [-0.25, -0.2) is 19.7 Å². The number of fused-ring (bicyclic) bond motifs is 1. The maximum absolute atomic E-state index is 15.1. The highest BCUT2D eigenvalue weighted by molar-refractivity contribution is 5.93. The summed E-state index contributed by atoms with van der Waals surface area (Å²) in [4.78, 5) is 28.9. The molecule has 4 rings (SSSR count). The second-order valence-electron chi connectivity index (χ2n) is 7.88. The molecule has 174 valence electrons. The molecule has 1 fully saturated rings. The maximum atomic E-state index is 15.1. The first-order valence-corrected chi connectivity index (χ1v) is 10.6. The van der Waals surface area contributed by atoms with Crippen LogP contribution >= 0.6 is 0 Å². The first kappa shape index (κ1) is 22.8. The molecule has 0 aliphatic carbocycles. The summed E-state index contributed by atoms with van der Waals surface area (Å²) in [6, 6.07) is 15.7. The van der Waals surface area contributed by atoms with Gasteiger partial charge in [0.25, 0.3) is 0 Å². The summed E-state index contributed by atoms with van der Waals surface area (Å²) < 4.78 is 20.3. The molecule has 34 heavy (non-hydrogen) atoms. The molecule has 3 aromatic rings. The van der Waals surface area contributed by atoms with E-state index in [1.165, 1.54) is 17.9 Å². The van der Waals surface area contributed by atoms with Crippen LogP contribution in [-0.4, -0.2) is 43.6 Å². The Morgan fingerprint density at radius 2 is 1.97 bits per heavy atom. The number of carbonyl (C=O) groups excluding carboxylic acids is 2. The van der Waals surface area contributed by atoms with Crippen molar-refractivity contribution in [3.63, 3.8) is 0 Å². The Kier molecular flexibility index (Phi) is 6.48. The van der Waals surface area contributed by atoms with Gasteiger partial charge in [0.05, 0.1) is 24.5 Å². The van der Waals surface area contributed by atoms with Crippen LogP contribution in [0.2, 0.25) is 0 Å². The van der Waals surface area contributed by atoms with Gasteiger partial charge in [-0.2, -0.15) is 5.11 Å². The number of amides is 2. The van der Waals surface area contributed by atoms with Crippen molar-refractivity contribution in [2.45, 2.75) is 13.0 Å². The van der Waals surface area contributed by atoms with E-state index < -0.39 is 18.0 Å². The molecule has 1 aliphatic heterocycles. The average molecular weight is 462 g/mol. The normalized spacial score (nSPS) is 15.9. The van der Waals surface area contributed by atoms with Gasteiger partial charge in [0.2, 0.25) is 5.91 Å². The minimum absolute atomic E-state index is 0.0390. The number of aliphatic imine (C=N–C) groups is 1. The molecule has 2 amide bonds. The molecule has 0 aromatic heterocycles. The lowest BCUT2D eigenvalue weighted by Gasteiger charge is -2.15. The molecular formula is C24H23FN6O3. The van der Waals surface area contributed by atoms with Gasteiger partial charge in [-0.05, 0) is 52.7 Å². The average Bonchev–Trinajstić information content (AvgIpc) is 3.18. The Balaban J connectivity index is 1.55. The summed E-state index contributed by atoms with van der Waals surface area (Å²) in [5, 5.41) is 7.63. The molecule has 0 spiro atoms. The molecular weight excluding hydrogens is 439 g/mol. The number of benzene rings is 3. The fraction of sp³-hybridized carbons (Fsp3) is 0.208. The Morgan fingerprint density at radius 3 is 2.71 bits per heavy atom. The van der Waals surface area contributed by atoms with E-state index in [0.29, 0.717) is 22.5 Å². The van der Waals surface area contributed by atoms with Crippen molar-refractivity contribution in [3.8, 4) is 11.1 Å². The number of carbonyl (C=O) groups is 2. The van der Waals surface area contributed by atoms with Crippen molar-refractivity contribution in [1.29, 1.82) is 5.53 Å². The molecule has 0 saturated carbocycles. The van der Waals surface area contributed by atoms with Crippen molar-refractivity contribution in [3.05, 3.63) is 60.4 Å². The zero-order chi connectivity index (χ0) is 24.2. The summed E-state index contributed by atoms with van der Waals surface area (Å²) in [7, 11) is 0. The number of halogens is 1. The van der Waals surface area contributed by atoms with E-state index in [1.807, 2.05) is 30.3 Å². The maximum Gasteiger partial charge on any atom is 0.414 e. The van der Waals surface area contributed by atoms with Crippen LogP contribution in [0.5, 0.6) is 0 Å². The third kappa shape index (κ3) is 5.01. The minimum atomic E-state index is -0.580. The Labute approximate surface area is 194 Å². The van der Waals surface area contributed by atoms with Crippen molar-refractivity contribution in [2.75, 3.05) is 24.5 Å². The van der Waals surface area contributed by atoms with Crippen LogP contribution in [0.3, 0.4) is 0 Å². The smallest absolute Gasteiger partial charge is 0.414 e. The van der Waals surface area contributed by atoms with Crippen molar-refractivity contribution in [2.24, 2.45) is 15.8 Å². The van der Waals surface area contributed by atoms with E-state index in [9.17, 15) is 9.59 Å². The largest absolute Gasteiger partial charge is 0.442 e. The van der Waals surface area contributed by atoms with Gasteiger partial charge in [-0.1, -0.05) is 18.2 Å². The second-order valence-corrected chi connectivity index (χ2v) is 7.88. The number of hydrogen-bond donors (Lipinski definition) is 3. The van der Waals surface area contributed by atoms with Crippen LogP contribution < -0.4 is 16.0 Å². The van der Waals surface area contributed by atoms with Crippen LogP contribution in [0, 0.1) is 11.3 Å². The molecule has 9 nitrogen and oxygen atoms in total. The zero-order valence-electron chi connectivity index (χ0n) is 18.4. The number of ether oxygens (including phenoxy) is 1. The summed E-state index contributed by atoms with van der Waals surface area (Å²) in [5.41, 5.74) is 14.7. The van der Waals surface area contributed by atoms with Gasteiger partial charge in [-0.15, -0.1) is 0 Å². The molecule has 1 saturated heterocycles. The van der Waals surface area contributed by atoms with E-state index in [0.717, 1.165) is 10.8 Å². The number of nitrogens with two attached hydrogens (primary N) is 1. The molecule has 1 aliphatic rings. The zero-order valence-corrected chi connectivity index (χ0v) is 18.4. The Bertz CT molecular complexity index is 1310. The highest BCUT2D eigenvalue weighted by Crippen LogP contribution is 2.32. The fourth-order valence-corrected chi connectivity index (χ4v) is 3.75. The monoisotopic (exact) mass is 462 g/mol. The third-order valence-corrected chi connectivity index (χ3v) is 5.37. The van der Waals surface area contributed by atoms with Gasteiger partial charge in [-0.3, -0.25) is 9.69 Å². The lowest BCUT2D eigenvalue weighted by Crippen LogP contribution is -2.33. The molecule has 1 unspecified atom stereocenters. The topological polar surface area (TPSA) is 133 Å². The molecule has 1 atom stereocenters. The summed E-state index contributed by atoms with van der Waals surface area (Å²) in [5.74, 6) is -0.437. The first-order chi connectivity index (χ1) is 16.3. The van der Waals surface area contributed by atoms with Crippen LogP contribution in [0.15, 0.2) is 64.7 Å². The first-order valence-electron chi connectivity index (χ1n) is 10.6. The van der Waals surface area contributed by atoms with E-state index in [-0.39, 0.29) is 31.4 Å². The van der Waals surface area contributed by atoms with Crippen molar-refractivity contribution in [1.82, 2.24) is 5.32 Å². The number of anilines is 1. The Morgan fingerprint density at radius 1 is 1.21 bits per heavy atom. The summed E-state index contributed by atoms with van der Waals surface area (Å²) in [6.07, 6.45) is -1.07. The predicted molar refractivity (Wildman–Crippen MR) is 127 cm³/mol. The number of nitrogens with zero attached hydrogens (tertiary/aromatic N) is 3. The van der Waals surface area contributed by atoms with Gasteiger partial charge < -0.3 is 15.8 Å². The van der Waals surface area contributed by atoms with E-state index in [1.54, 1.807) is 18.2 Å². The lowest BCUT2D eigenvalue weighted by molar-refractivity contribution is -0.119. The predicted octanol–water partition coefficient (Wildman–Crippen LogP) is 4.13. The van der Waals surface area contributed by atoms with Crippen molar-refractivity contribution < 1.29 is 18.7 Å². The van der Waals surface area contributed by atoms with Crippen LogP contribution in [0.1, 0.15) is 6.92 Å². The van der Waals surface area contributed by atoms with E-state index in [4.69, 9.17) is 16.0 Å². The van der Waals surface area contributed by atoms with Gasteiger partial charge >= 0.3 is 6.09 Å². The molecule has 4 N–H and O–H groups in total. The van der Waals surface area contributed by atoms with Gasteiger partial charge in [0.1, 0.15) is 24.3 Å². The molecule has 10 heteroatoms. The van der Waals surface area contributed by atoms with Gasteiger partial charge in [0.15, 0.2) is 0 Å². The lowest BCUT2D eigenvalue weighted by atomic mass is 10.00. The molecule has 0 bridgehead atoms. The SMILES string of the molecule is CC(=O)NCC1CN(c2ccc(-c3ccc4cc(N=C(N)CN=N)ccc4c3)c(F)c2)C(=O)O1. The highest BCUT2D eigenvalue weighted by Gasteiger charge is 2.32. The van der Waals surface area contributed by atoms with Crippen molar-refractivity contribution >= 4 is 40.0 Å². The number of amidine groups is 1. The van der Waals surface area contributed by atoms with Gasteiger partial charge in [0, 0.05) is 12.5 Å². The summed E-state index contributed by atoms with van der Waals surface area (Å²) >= 11 is 0. The number of rotatable bonds is 7. The number of cyclic esters (lactones) is 1. The fourth-order valence-electron chi connectivity index (χ4n) is 3.75. The molecule has 3 aromatic carbocycles. The molecule has 1 heterocycles. The number of hydrogen-bond acceptors (Lipinski definition) is 6. The molecule has 0 radical (unpaired) electrons. The van der Waals surface area contributed by atoms with Crippen LogP contribution in [0.25, 0.3) is 21.9 Å². The summed E-state index contributed by atoms with van der Waals surface area (Å²) in [6.45, 7) is 1.85. The van der Waals surface area contributed by atoms with E-state index in [2.05, 4.69) is 15.4 Å². The highest BCUT2D eigenvalue weighted by atomic mass is 19.1. The quantitative estimate of drug-likeness (QED) is 0.277. The van der Waals surface area contributed by atoms with Crippen LogP contribution in [-0.2, 0) is 9.53 Å². The van der Waals surface area contributed by atoms with Crippen LogP contribution in [0.4, 0.5) is 20.6 Å². The third-order valence-electron chi connectivity index (χ3n) is 5.37.